The summed E-state index contributed by atoms with van der Waals surface area (Å²) in [6, 6.07) is 4.09. The summed E-state index contributed by atoms with van der Waals surface area (Å²) in [5.74, 6) is 0. The van der Waals surface area contributed by atoms with Crippen molar-refractivity contribution in [1.82, 2.24) is 5.32 Å². The summed E-state index contributed by atoms with van der Waals surface area (Å²) < 4.78 is 13.4. The summed E-state index contributed by atoms with van der Waals surface area (Å²) in [5.41, 5.74) is -0.913. The average molecular weight is 185 g/mol. The van der Waals surface area contributed by atoms with Gasteiger partial charge in [0, 0.05) is 18.0 Å². The van der Waals surface area contributed by atoms with Crippen LogP contribution in [0, 0.1) is 0 Å². The van der Waals surface area contributed by atoms with Crippen LogP contribution >= 0.6 is 11.3 Å². The molecule has 66 valence electrons. The first kappa shape index (κ1) is 8.20. The molecular formula is C9H12FNS. The number of halogens is 1. The molecule has 0 radical (unpaired) electrons. The average Bonchev–Trinajstić information content (AvgIpc) is 2.49. The van der Waals surface area contributed by atoms with Crippen LogP contribution < -0.4 is 5.32 Å². The second kappa shape index (κ2) is 3.15. The number of alkyl halides is 1. The van der Waals surface area contributed by atoms with Gasteiger partial charge in [-0.1, -0.05) is 6.07 Å². The summed E-state index contributed by atoms with van der Waals surface area (Å²) in [6.07, 6.45) is 1.55. The fourth-order valence-electron chi connectivity index (χ4n) is 1.38. The zero-order valence-corrected chi connectivity index (χ0v) is 7.66. The van der Waals surface area contributed by atoms with Crippen molar-refractivity contribution in [3.8, 4) is 0 Å². The van der Waals surface area contributed by atoms with Crippen molar-refractivity contribution in [1.29, 1.82) is 0 Å². The third kappa shape index (κ3) is 1.67. The fraction of sp³-hybridized carbons (Fsp3) is 0.556. The first-order valence-corrected chi connectivity index (χ1v) is 5.09. The van der Waals surface area contributed by atoms with Crippen LogP contribution in [-0.2, 0) is 6.42 Å². The van der Waals surface area contributed by atoms with E-state index in [1.54, 1.807) is 11.3 Å². The molecule has 0 unspecified atom stereocenters. The molecule has 0 aliphatic carbocycles. The lowest BCUT2D eigenvalue weighted by Crippen LogP contribution is -2.56. The zero-order valence-electron chi connectivity index (χ0n) is 6.85. The van der Waals surface area contributed by atoms with Crippen LogP contribution in [0.25, 0.3) is 0 Å². The molecule has 0 amide bonds. The molecule has 1 saturated heterocycles. The molecule has 12 heavy (non-hydrogen) atoms. The van der Waals surface area contributed by atoms with Crippen LogP contribution in [-0.4, -0.2) is 18.8 Å². The van der Waals surface area contributed by atoms with E-state index < -0.39 is 5.67 Å². The number of nitrogens with one attached hydrogen (secondary N) is 1. The number of aryl methyl sites for hydroxylation is 1. The van der Waals surface area contributed by atoms with Gasteiger partial charge >= 0.3 is 0 Å². The number of hydrogen-bond donors (Lipinski definition) is 1. The predicted octanol–water partition coefficient (Wildman–Crippen LogP) is 1.99. The smallest absolute Gasteiger partial charge is 0.136 e. The van der Waals surface area contributed by atoms with Gasteiger partial charge in [-0.3, -0.25) is 0 Å². The molecule has 0 atom stereocenters. The van der Waals surface area contributed by atoms with E-state index in [0.29, 0.717) is 19.5 Å². The third-order valence-electron chi connectivity index (χ3n) is 2.28. The van der Waals surface area contributed by atoms with Crippen LogP contribution in [0.15, 0.2) is 17.5 Å². The number of thiophene rings is 1. The highest BCUT2D eigenvalue weighted by molar-refractivity contribution is 7.09. The van der Waals surface area contributed by atoms with Crippen molar-refractivity contribution in [2.24, 2.45) is 0 Å². The lowest BCUT2D eigenvalue weighted by Gasteiger charge is -2.34. The van der Waals surface area contributed by atoms with Gasteiger partial charge in [0.25, 0.3) is 0 Å². The van der Waals surface area contributed by atoms with Gasteiger partial charge in [0.1, 0.15) is 5.67 Å². The summed E-state index contributed by atoms with van der Waals surface area (Å²) >= 11 is 1.71. The highest BCUT2D eigenvalue weighted by atomic mass is 32.1. The molecule has 1 N–H and O–H groups in total. The minimum absolute atomic E-state index is 0.540. The summed E-state index contributed by atoms with van der Waals surface area (Å²) in [7, 11) is 0. The minimum atomic E-state index is -0.913. The third-order valence-corrected chi connectivity index (χ3v) is 3.22. The fourth-order valence-corrected chi connectivity index (χ4v) is 2.08. The van der Waals surface area contributed by atoms with E-state index in [1.165, 1.54) is 4.88 Å². The number of hydrogen-bond acceptors (Lipinski definition) is 2. The lowest BCUT2D eigenvalue weighted by molar-refractivity contribution is 0.0811. The van der Waals surface area contributed by atoms with Gasteiger partial charge in [-0.2, -0.15) is 0 Å². The molecule has 3 heteroatoms. The summed E-state index contributed by atoms with van der Waals surface area (Å²) in [4.78, 5) is 1.29. The van der Waals surface area contributed by atoms with Crippen molar-refractivity contribution in [2.45, 2.75) is 18.5 Å². The molecule has 1 aromatic rings. The molecule has 0 spiro atoms. The lowest BCUT2D eigenvalue weighted by atomic mass is 9.93. The van der Waals surface area contributed by atoms with Gasteiger partial charge in [-0.25, -0.2) is 4.39 Å². The van der Waals surface area contributed by atoms with Crippen molar-refractivity contribution in [2.75, 3.05) is 13.1 Å². The molecular weight excluding hydrogens is 173 g/mol. The topological polar surface area (TPSA) is 12.0 Å². The van der Waals surface area contributed by atoms with E-state index in [9.17, 15) is 4.39 Å². The van der Waals surface area contributed by atoms with Gasteiger partial charge in [0.15, 0.2) is 0 Å². The van der Waals surface area contributed by atoms with E-state index in [0.717, 1.165) is 6.42 Å². The largest absolute Gasteiger partial charge is 0.310 e. The molecule has 1 aliphatic heterocycles. The highest BCUT2D eigenvalue weighted by Gasteiger charge is 2.36. The molecule has 0 bridgehead atoms. The normalized spacial score (nSPS) is 20.4. The molecule has 1 aromatic heterocycles. The van der Waals surface area contributed by atoms with E-state index in [2.05, 4.69) is 11.4 Å². The Morgan fingerprint density at radius 1 is 1.58 bits per heavy atom. The van der Waals surface area contributed by atoms with Gasteiger partial charge in [-0.15, -0.1) is 11.3 Å². The van der Waals surface area contributed by atoms with Crippen molar-refractivity contribution in [3.63, 3.8) is 0 Å². The van der Waals surface area contributed by atoms with Gasteiger partial charge in [0.2, 0.25) is 0 Å². The summed E-state index contributed by atoms with van der Waals surface area (Å²) in [5, 5.41) is 5.00. The Morgan fingerprint density at radius 3 is 2.92 bits per heavy atom. The van der Waals surface area contributed by atoms with E-state index in [-0.39, 0.29) is 0 Å². The van der Waals surface area contributed by atoms with Gasteiger partial charge < -0.3 is 5.32 Å². The Hall–Kier alpha value is -0.410. The van der Waals surface area contributed by atoms with E-state index in [1.807, 2.05) is 11.4 Å². The molecule has 1 nitrogen and oxygen atoms in total. The van der Waals surface area contributed by atoms with Gasteiger partial charge in [0.05, 0.1) is 0 Å². The predicted molar refractivity (Wildman–Crippen MR) is 49.3 cm³/mol. The molecule has 2 heterocycles. The SMILES string of the molecule is FC1(CCc2cccs2)CNC1. The van der Waals surface area contributed by atoms with E-state index in [4.69, 9.17) is 0 Å². The van der Waals surface area contributed by atoms with Crippen molar-refractivity contribution < 1.29 is 4.39 Å². The molecule has 1 fully saturated rings. The first-order chi connectivity index (χ1) is 5.79. The molecule has 1 aliphatic rings. The Labute approximate surface area is 75.6 Å². The Morgan fingerprint density at radius 2 is 2.42 bits per heavy atom. The van der Waals surface area contributed by atoms with Crippen LogP contribution in [0.2, 0.25) is 0 Å². The van der Waals surface area contributed by atoms with E-state index >= 15 is 0 Å². The van der Waals surface area contributed by atoms with Crippen molar-refractivity contribution in [3.05, 3.63) is 22.4 Å². The molecule has 2 rings (SSSR count). The Balaban J connectivity index is 1.82. The summed E-state index contributed by atoms with van der Waals surface area (Å²) in [6.45, 7) is 1.08. The van der Waals surface area contributed by atoms with Crippen LogP contribution in [0.5, 0.6) is 0 Å². The number of rotatable bonds is 3. The second-order valence-corrected chi connectivity index (χ2v) is 4.37. The monoisotopic (exact) mass is 185 g/mol. The Kier molecular flexibility index (Phi) is 2.15. The standard InChI is InChI=1S/C9H12FNS/c10-9(6-11-7-9)4-3-8-2-1-5-12-8/h1-2,5,11H,3-4,6-7H2. The first-order valence-electron chi connectivity index (χ1n) is 4.21. The van der Waals surface area contributed by atoms with Gasteiger partial charge in [-0.05, 0) is 24.3 Å². The minimum Gasteiger partial charge on any atom is -0.310 e. The second-order valence-electron chi connectivity index (χ2n) is 3.33. The van der Waals surface area contributed by atoms with Crippen molar-refractivity contribution >= 4 is 11.3 Å². The maximum atomic E-state index is 13.4. The zero-order chi connectivity index (χ0) is 8.44. The highest BCUT2D eigenvalue weighted by Crippen LogP contribution is 2.24. The van der Waals surface area contributed by atoms with Crippen LogP contribution in [0.4, 0.5) is 4.39 Å². The van der Waals surface area contributed by atoms with Crippen LogP contribution in [0.3, 0.4) is 0 Å². The maximum Gasteiger partial charge on any atom is 0.136 e. The maximum absolute atomic E-state index is 13.4. The molecule has 0 saturated carbocycles. The molecule has 0 aromatic carbocycles. The Bertz CT molecular complexity index is 241. The quantitative estimate of drug-likeness (QED) is 0.759. The van der Waals surface area contributed by atoms with Crippen LogP contribution in [0.1, 0.15) is 11.3 Å².